The highest BCUT2D eigenvalue weighted by atomic mass is 16.4. The van der Waals surface area contributed by atoms with Crippen molar-refractivity contribution in [1.29, 1.82) is 0 Å². The predicted molar refractivity (Wildman–Crippen MR) is 53.7 cm³/mol. The summed E-state index contributed by atoms with van der Waals surface area (Å²) in [5.41, 5.74) is 4.19. The number of carboxylic acids is 2. The van der Waals surface area contributed by atoms with Crippen LogP contribution in [-0.2, 0) is 9.59 Å². The summed E-state index contributed by atoms with van der Waals surface area (Å²) in [5.74, 6) is 0.0620. The number of hydrogen-bond donors (Lipinski definition) is 3. The Morgan fingerprint density at radius 2 is 1.47 bits per heavy atom. The zero-order valence-electron chi connectivity index (χ0n) is 9.25. The van der Waals surface area contributed by atoms with Gasteiger partial charge in [-0.2, -0.15) is 0 Å². The Balaban J connectivity index is 1.59. The number of hydrogen-bond acceptors (Lipinski definition) is 3. The van der Waals surface area contributed by atoms with Crippen LogP contribution in [0.15, 0.2) is 0 Å². The van der Waals surface area contributed by atoms with Crippen LogP contribution in [0.5, 0.6) is 0 Å². The molecule has 4 N–H and O–H groups in total. The third-order valence-corrected chi connectivity index (χ3v) is 7.34. The van der Waals surface area contributed by atoms with E-state index in [1.807, 2.05) is 0 Å². The van der Waals surface area contributed by atoms with Crippen molar-refractivity contribution in [3.63, 3.8) is 0 Å². The summed E-state index contributed by atoms with van der Waals surface area (Å²) >= 11 is 0. The van der Waals surface area contributed by atoms with Crippen molar-refractivity contribution in [3.05, 3.63) is 0 Å². The molecule has 6 rings (SSSR count). The van der Waals surface area contributed by atoms with Gasteiger partial charge in [-0.3, -0.25) is 9.59 Å². The second-order valence-corrected chi connectivity index (χ2v) is 6.83. The molecular formula is C12H13NO4. The van der Waals surface area contributed by atoms with Gasteiger partial charge >= 0.3 is 11.9 Å². The topological polar surface area (TPSA) is 101 Å². The minimum absolute atomic E-state index is 0.240. The number of carboxylic acid groups (broad SMARTS) is 2. The van der Waals surface area contributed by atoms with Crippen LogP contribution in [0.25, 0.3) is 0 Å². The third-order valence-electron chi connectivity index (χ3n) is 7.34. The molecule has 5 nitrogen and oxygen atoms in total. The van der Waals surface area contributed by atoms with Crippen molar-refractivity contribution in [1.82, 2.24) is 0 Å². The second kappa shape index (κ2) is 1.72. The molecule has 0 amide bonds. The van der Waals surface area contributed by atoms with E-state index in [1.54, 1.807) is 6.92 Å². The smallest absolute Gasteiger partial charge is 0.323 e. The molecule has 5 heteroatoms. The summed E-state index contributed by atoms with van der Waals surface area (Å²) in [6.45, 7) is 1.62. The van der Waals surface area contributed by atoms with Crippen molar-refractivity contribution in [2.24, 2.45) is 52.1 Å². The highest BCUT2D eigenvalue weighted by molar-refractivity contribution is 5.90. The van der Waals surface area contributed by atoms with E-state index in [9.17, 15) is 19.8 Å². The lowest BCUT2D eigenvalue weighted by Crippen LogP contribution is -3.14. The van der Waals surface area contributed by atoms with Crippen molar-refractivity contribution in [2.75, 3.05) is 0 Å². The molecule has 0 aliphatic heterocycles. The van der Waals surface area contributed by atoms with E-state index >= 15 is 0 Å². The number of nitrogens with two attached hydrogens (primary N) is 1. The van der Waals surface area contributed by atoms with Gasteiger partial charge in [0.15, 0.2) is 0 Å². The van der Waals surface area contributed by atoms with Gasteiger partial charge in [-0.05, 0) is 42.4 Å². The Labute approximate surface area is 97.0 Å². The molecule has 0 saturated heterocycles. The van der Waals surface area contributed by atoms with E-state index < -0.39 is 22.9 Å². The van der Waals surface area contributed by atoms with Crippen LogP contribution >= 0.6 is 0 Å². The fourth-order valence-electron chi connectivity index (χ4n) is 7.18. The number of aliphatic carboxylic acids is 2. The molecule has 0 radical (unpaired) electrons. The van der Waals surface area contributed by atoms with E-state index in [4.69, 9.17) is 5.73 Å². The average Bonchev–Trinajstić information content (AvgIpc) is 2.27. The minimum Gasteiger partial charge on any atom is -0.481 e. The second-order valence-electron chi connectivity index (χ2n) is 6.83. The van der Waals surface area contributed by atoms with Gasteiger partial charge in [0.05, 0.1) is 5.41 Å². The summed E-state index contributed by atoms with van der Waals surface area (Å²) in [6, 6.07) is 0. The van der Waals surface area contributed by atoms with Gasteiger partial charge < -0.3 is 15.9 Å². The van der Waals surface area contributed by atoms with Crippen LogP contribution in [0, 0.1) is 46.3 Å². The minimum atomic E-state index is -1.17. The molecule has 6 aliphatic rings. The van der Waals surface area contributed by atoms with Gasteiger partial charge in [-0.25, -0.2) is 0 Å². The molecule has 0 aromatic rings. The first-order valence-corrected chi connectivity index (χ1v) is 6.13. The van der Waals surface area contributed by atoms with Crippen LogP contribution < -0.4 is 5.73 Å². The van der Waals surface area contributed by atoms with E-state index in [-0.39, 0.29) is 23.2 Å². The summed E-state index contributed by atoms with van der Waals surface area (Å²) in [4.78, 5) is 22.6. The summed E-state index contributed by atoms with van der Waals surface area (Å²) in [6.07, 6.45) is 0. The Morgan fingerprint density at radius 3 is 1.76 bits per heavy atom. The highest BCUT2D eigenvalue weighted by Gasteiger charge is 3.13. The van der Waals surface area contributed by atoms with Gasteiger partial charge in [0.2, 0.25) is 0 Å². The molecule has 90 valence electrons. The molecule has 1 atom stereocenters. The van der Waals surface area contributed by atoms with Gasteiger partial charge in [-0.1, -0.05) is 0 Å². The number of carbonyl (C=O) groups is 2. The quantitative estimate of drug-likeness (QED) is 0.618. The van der Waals surface area contributed by atoms with Crippen molar-refractivity contribution >= 4 is 11.9 Å². The Bertz CT molecular complexity index is 483. The normalized spacial score (nSPS) is 69.3. The average molecular weight is 235 g/mol. The lowest BCUT2D eigenvalue weighted by atomic mass is 8.91. The first-order valence-electron chi connectivity index (χ1n) is 6.13. The van der Waals surface area contributed by atoms with Crippen molar-refractivity contribution < 1.29 is 19.8 Å². The maximum atomic E-state index is 11.3. The lowest BCUT2D eigenvalue weighted by molar-refractivity contribution is -0.651. The molecule has 0 heterocycles. The monoisotopic (exact) mass is 235 g/mol. The standard InChI is InChI=1S/C12H13NO4/c1-10(13,8(14)15)12-5-2-6(12)4-7(12)3(5)11(2,4)9(16)17/h2-7H,13H2,1H3,(H,14,15)(H,16,17). The molecule has 1 unspecified atom stereocenters. The molecule has 6 fully saturated rings. The van der Waals surface area contributed by atoms with E-state index in [2.05, 4.69) is 0 Å². The predicted octanol–water partition coefficient (Wildman–Crippen LogP) is -0.389. The van der Waals surface area contributed by atoms with Gasteiger partial charge in [0.25, 0.3) is 0 Å². The summed E-state index contributed by atoms with van der Waals surface area (Å²) < 4.78 is 0. The van der Waals surface area contributed by atoms with E-state index in [1.165, 1.54) is 0 Å². The van der Waals surface area contributed by atoms with E-state index in [0.29, 0.717) is 17.8 Å². The molecule has 6 aliphatic carbocycles. The fourth-order valence-corrected chi connectivity index (χ4v) is 7.18. The number of rotatable bonds is 3. The van der Waals surface area contributed by atoms with Crippen molar-refractivity contribution in [3.8, 4) is 0 Å². The van der Waals surface area contributed by atoms with Gasteiger partial charge in [0, 0.05) is 5.41 Å². The van der Waals surface area contributed by atoms with Crippen LogP contribution in [0.3, 0.4) is 0 Å². The maximum Gasteiger partial charge on any atom is 0.323 e. The summed E-state index contributed by atoms with van der Waals surface area (Å²) in [5, 5.41) is 18.6. The van der Waals surface area contributed by atoms with E-state index in [0.717, 1.165) is 0 Å². The Morgan fingerprint density at radius 1 is 1.06 bits per heavy atom. The highest BCUT2D eigenvalue weighted by Crippen LogP contribution is 3.11. The fraction of sp³-hybridized carbons (Fsp3) is 0.833. The Hall–Kier alpha value is -1.10. The molecule has 6 saturated carbocycles. The SMILES string of the molecule is CC(N)(C(=O)O)C12C3C4C1C1C2C3C41C(=O)O. The van der Waals surface area contributed by atoms with Crippen LogP contribution in [-0.4, -0.2) is 27.7 Å². The lowest BCUT2D eigenvalue weighted by Gasteiger charge is -3.11. The zero-order valence-corrected chi connectivity index (χ0v) is 9.25. The van der Waals surface area contributed by atoms with Crippen LogP contribution in [0.1, 0.15) is 6.92 Å². The summed E-state index contributed by atoms with van der Waals surface area (Å²) in [7, 11) is 0. The molecular weight excluding hydrogens is 222 g/mol. The molecule has 17 heavy (non-hydrogen) atoms. The maximum absolute atomic E-state index is 11.3. The van der Waals surface area contributed by atoms with Crippen LogP contribution in [0.4, 0.5) is 0 Å². The van der Waals surface area contributed by atoms with Crippen molar-refractivity contribution in [2.45, 2.75) is 12.5 Å². The van der Waals surface area contributed by atoms with Gasteiger partial charge in [-0.15, -0.1) is 0 Å². The molecule has 0 spiro atoms. The zero-order chi connectivity index (χ0) is 12.1. The molecule has 0 aromatic carbocycles. The van der Waals surface area contributed by atoms with Gasteiger partial charge in [0.1, 0.15) is 5.54 Å². The molecule has 0 bridgehead atoms. The van der Waals surface area contributed by atoms with Crippen LogP contribution in [0.2, 0.25) is 0 Å². The Kier molecular flexibility index (Phi) is 0.902. The largest absolute Gasteiger partial charge is 0.481 e. The first kappa shape index (κ1) is 8.91. The first-order chi connectivity index (χ1) is 7.87. The third kappa shape index (κ3) is 0.388. The molecule has 0 aromatic heterocycles.